The van der Waals surface area contributed by atoms with E-state index in [9.17, 15) is 18.7 Å². The van der Waals surface area contributed by atoms with Gasteiger partial charge in [-0.3, -0.25) is 4.79 Å². The molecule has 112 valence electrons. The van der Waals surface area contributed by atoms with Gasteiger partial charge in [-0.1, -0.05) is 32.6 Å². The molecule has 0 saturated carbocycles. The van der Waals surface area contributed by atoms with Crippen LogP contribution in [0.1, 0.15) is 44.6 Å². The summed E-state index contributed by atoms with van der Waals surface area (Å²) in [5, 5.41) is 9.49. The van der Waals surface area contributed by atoms with Gasteiger partial charge in [-0.15, -0.1) is 0 Å². The Kier molecular flexibility index (Phi) is 6.07. The topological polar surface area (TPSA) is 63.3 Å². The maximum absolute atomic E-state index is 13.3. The van der Waals surface area contributed by atoms with E-state index >= 15 is 0 Å². The van der Waals surface area contributed by atoms with Gasteiger partial charge in [-0.2, -0.15) is 0 Å². The number of unbranched alkanes of at least 4 members (excludes halogenated alkanes) is 3. The summed E-state index contributed by atoms with van der Waals surface area (Å²) in [7, 11) is 0. The van der Waals surface area contributed by atoms with Crippen molar-refractivity contribution in [1.29, 1.82) is 0 Å². The number of benzene rings is 1. The number of carbonyl (C=O) groups is 1. The second-order valence-electron chi connectivity index (χ2n) is 5.06. The zero-order valence-electron chi connectivity index (χ0n) is 11.7. The summed E-state index contributed by atoms with van der Waals surface area (Å²) in [6, 6.07) is 2.84. The molecule has 0 aliphatic rings. The molecule has 5 heteroatoms. The number of carboxylic acid groups (broad SMARTS) is 1. The van der Waals surface area contributed by atoms with Crippen molar-refractivity contribution in [3.8, 4) is 0 Å². The molecule has 1 unspecified atom stereocenters. The predicted molar refractivity (Wildman–Crippen MR) is 73.5 cm³/mol. The van der Waals surface area contributed by atoms with Crippen LogP contribution in [-0.2, 0) is 10.2 Å². The molecule has 0 amide bonds. The Labute approximate surface area is 117 Å². The van der Waals surface area contributed by atoms with Crippen molar-refractivity contribution in [2.45, 2.75) is 44.4 Å². The van der Waals surface area contributed by atoms with Crippen molar-refractivity contribution in [3.05, 3.63) is 35.4 Å². The van der Waals surface area contributed by atoms with E-state index in [0.717, 1.165) is 37.5 Å². The van der Waals surface area contributed by atoms with Crippen molar-refractivity contribution in [3.63, 3.8) is 0 Å². The first-order valence-corrected chi connectivity index (χ1v) is 6.86. The van der Waals surface area contributed by atoms with Crippen LogP contribution in [0.5, 0.6) is 0 Å². The third-order valence-corrected chi connectivity index (χ3v) is 3.63. The van der Waals surface area contributed by atoms with Gasteiger partial charge in [-0.25, -0.2) is 8.78 Å². The first kappa shape index (κ1) is 16.6. The third kappa shape index (κ3) is 3.76. The quantitative estimate of drug-likeness (QED) is 0.721. The Balaban J connectivity index is 3.06. The van der Waals surface area contributed by atoms with Gasteiger partial charge in [-0.05, 0) is 24.1 Å². The van der Waals surface area contributed by atoms with Crippen molar-refractivity contribution >= 4 is 5.97 Å². The molecule has 1 rings (SSSR count). The Morgan fingerprint density at radius 2 is 1.80 bits per heavy atom. The highest BCUT2D eigenvalue weighted by atomic mass is 19.1. The Bertz CT molecular complexity index is 445. The summed E-state index contributed by atoms with van der Waals surface area (Å²) in [5.41, 5.74) is 4.31. The summed E-state index contributed by atoms with van der Waals surface area (Å²) in [6.45, 7) is 1.87. The smallest absolute Gasteiger partial charge is 0.315 e. The number of hydrogen-bond donors (Lipinski definition) is 2. The van der Waals surface area contributed by atoms with Crippen LogP contribution in [0.4, 0.5) is 8.78 Å². The zero-order chi connectivity index (χ0) is 15.2. The molecular formula is C15H21F2NO2. The van der Waals surface area contributed by atoms with Gasteiger partial charge in [0.05, 0.1) is 0 Å². The number of rotatable bonds is 8. The molecule has 0 saturated heterocycles. The monoisotopic (exact) mass is 285 g/mol. The highest BCUT2D eigenvalue weighted by Crippen LogP contribution is 2.31. The van der Waals surface area contributed by atoms with Crippen molar-refractivity contribution in [2.24, 2.45) is 5.73 Å². The van der Waals surface area contributed by atoms with Crippen LogP contribution in [0.25, 0.3) is 0 Å². The van der Waals surface area contributed by atoms with Crippen LogP contribution in [0.2, 0.25) is 0 Å². The average molecular weight is 285 g/mol. The molecule has 0 aromatic heterocycles. The lowest BCUT2D eigenvalue weighted by Gasteiger charge is -2.28. The number of carboxylic acids is 1. The SMILES string of the molecule is CCCCCCC(CN)(C(=O)O)c1cc(F)cc(F)c1. The standard InChI is InChI=1S/C15H21F2NO2/c1-2-3-4-5-6-15(10-18,14(19)20)11-7-12(16)9-13(17)8-11/h7-9H,2-6,10,18H2,1H3,(H,19,20). The lowest BCUT2D eigenvalue weighted by atomic mass is 9.76. The van der Waals surface area contributed by atoms with Crippen LogP contribution in [0.15, 0.2) is 18.2 Å². The van der Waals surface area contributed by atoms with E-state index < -0.39 is 23.0 Å². The molecule has 1 aromatic rings. The van der Waals surface area contributed by atoms with E-state index in [1.807, 2.05) is 0 Å². The average Bonchev–Trinajstić information content (AvgIpc) is 2.37. The summed E-state index contributed by atoms with van der Waals surface area (Å²) in [6.07, 6.45) is 3.84. The van der Waals surface area contributed by atoms with Gasteiger partial charge in [0.25, 0.3) is 0 Å². The molecule has 3 N–H and O–H groups in total. The van der Waals surface area contributed by atoms with Gasteiger partial charge in [0.15, 0.2) is 0 Å². The van der Waals surface area contributed by atoms with E-state index in [1.54, 1.807) is 0 Å². The van der Waals surface area contributed by atoms with E-state index in [1.165, 1.54) is 0 Å². The number of nitrogens with two attached hydrogens (primary N) is 1. The molecule has 20 heavy (non-hydrogen) atoms. The Morgan fingerprint density at radius 1 is 1.20 bits per heavy atom. The summed E-state index contributed by atoms with van der Waals surface area (Å²) in [4.78, 5) is 11.6. The molecule has 0 spiro atoms. The van der Waals surface area contributed by atoms with Gasteiger partial charge in [0, 0.05) is 12.6 Å². The first-order valence-electron chi connectivity index (χ1n) is 6.86. The Morgan fingerprint density at radius 3 is 2.25 bits per heavy atom. The summed E-state index contributed by atoms with van der Waals surface area (Å²) < 4.78 is 26.7. The van der Waals surface area contributed by atoms with E-state index in [4.69, 9.17) is 5.73 Å². The molecule has 0 radical (unpaired) electrons. The van der Waals surface area contributed by atoms with Crippen molar-refractivity contribution in [1.82, 2.24) is 0 Å². The maximum Gasteiger partial charge on any atom is 0.315 e. The first-order chi connectivity index (χ1) is 9.46. The highest BCUT2D eigenvalue weighted by molar-refractivity contribution is 5.81. The molecule has 1 atom stereocenters. The number of hydrogen-bond acceptors (Lipinski definition) is 2. The number of aliphatic carboxylic acids is 1. The van der Waals surface area contributed by atoms with Gasteiger partial charge in [0.2, 0.25) is 0 Å². The second-order valence-corrected chi connectivity index (χ2v) is 5.06. The lowest BCUT2D eigenvalue weighted by Crippen LogP contribution is -2.43. The van der Waals surface area contributed by atoms with Crippen LogP contribution < -0.4 is 5.73 Å². The Hall–Kier alpha value is -1.49. The lowest BCUT2D eigenvalue weighted by molar-refractivity contribution is -0.143. The zero-order valence-corrected chi connectivity index (χ0v) is 11.7. The molecule has 1 aromatic carbocycles. The van der Waals surface area contributed by atoms with Crippen molar-refractivity contribution < 1.29 is 18.7 Å². The van der Waals surface area contributed by atoms with Crippen LogP contribution in [-0.4, -0.2) is 17.6 Å². The fourth-order valence-electron chi connectivity index (χ4n) is 2.37. The fourth-order valence-corrected chi connectivity index (χ4v) is 2.37. The molecular weight excluding hydrogens is 264 g/mol. The van der Waals surface area contributed by atoms with Crippen LogP contribution >= 0.6 is 0 Å². The second kappa shape index (κ2) is 7.33. The molecule has 0 aliphatic carbocycles. The molecule has 0 fully saturated rings. The highest BCUT2D eigenvalue weighted by Gasteiger charge is 2.39. The number of halogens is 2. The van der Waals surface area contributed by atoms with E-state index in [0.29, 0.717) is 6.42 Å². The molecule has 3 nitrogen and oxygen atoms in total. The largest absolute Gasteiger partial charge is 0.481 e. The van der Waals surface area contributed by atoms with E-state index in [2.05, 4.69) is 6.92 Å². The third-order valence-electron chi connectivity index (χ3n) is 3.63. The van der Waals surface area contributed by atoms with Gasteiger partial charge in [0.1, 0.15) is 17.0 Å². The summed E-state index contributed by atoms with van der Waals surface area (Å²) >= 11 is 0. The van der Waals surface area contributed by atoms with Gasteiger partial charge < -0.3 is 10.8 Å². The minimum atomic E-state index is -1.42. The normalized spacial score (nSPS) is 14.0. The fraction of sp³-hybridized carbons (Fsp3) is 0.533. The van der Waals surface area contributed by atoms with E-state index in [-0.39, 0.29) is 18.5 Å². The predicted octanol–water partition coefficient (Wildman–Crippen LogP) is 3.22. The molecule has 0 aliphatic heterocycles. The summed E-state index contributed by atoms with van der Waals surface area (Å²) in [5.74, 6) is -2.71. The maximum atomic E-state index is 13.3. The van der Waals surface area contributed by atoms with Gasteiger partial charge >= 0.3 is 5.97 Å². The minimum absolute atomic E-state index is 0.0986. The van der Waals surface area contributed by atoms with Crippen molar-refractivity contribution in [2.75, 3.05) is 6.54 Å². The van der Waals surface area contributed by atoms with Crippen LogP contribution in [0, 0.1) is 11.6 Å². The molecule has 0 bridgehead atoms. The molecule has 0 heterocycles. The van der Waals surface area contributed by atoms with Crippen LogP contribution in [0.3, 0.4) is 0 Å². The minimum Gasteiger partial charge on any atom is -0.481 e.